The van der Waals surface area contributed by atoms with Gasteiger partial charge in [-0.15, -0.1) is 0 Å². The Morgan fingerprint density at radius 2 is 2.33 bits per heavy atom. The Morgan fingerprint density at radius 1 is 1.60 bits per heavy atom. The van der Waals surface area contributed by atoms with Gasteiger partial charge in [-0.3, -0.25) is 9.69 Å². The highest BCUT2D eigenvalue weighted by atomic mass is 35.5. The summed E-state index contributed by atoms with van der Waals surface area (Å²) in [6, 6.07) is 1.39. The van der Waals surface area contributed by atoms with Crippen molar-refractivity contribution in [2.24, 2.45) is 0 Å². The topological polar surface area (TPSA) is 92.3 Å². The van der Waals surface area contributed by atoms with E-state index in [0.717, 1.165) is 0 Å². The Bertz CT molecular complexity index is 391. The smallest absolute Gasteiger partial charge is 0.235 e. The van der Waals surface area contributed by atoms with E-state index in [1.807, 2.05) is 0 Å². The van der Waals surface area contributed by atoms with E-state index in [1.165, 1.54) is 11.0 Å². The van der Waals surface area contributed by atoms with Crippen molar-refractivity contribution in [1.29, 1.82) is 0 Å². The molecule has 1 aromatic heterocycles. The zero-order chi connectivity index (χ0) is 11.0. The summed E-state index contributed by atoms with van der Waals surface area (Å²) in [5.74, 6) is 0.102. The minimum atomic E-state index is -0.679. The van der Waals surface area contributed by atoms with Gasteiger partial charge in [0.05, 0.1) is 19.1 Å². The third-order valence-corrected chi connectivity index (χ3v) is 2.24. The maximum atomic E-state index is 11.4. The largest absolute Gasteiger partial charge is 0.391 e. The molecule has 80 valence electrons. The number of nitrogens with zero attached hydrogens (tertiary/aromatic N) is 3. The first-order chi connectivity index (χ1) is 7.06. The lowest BCUT2D eigenvalue weighted by Crippen LogP contribution is -2.27. The minimum Gasteiger partial charge on any atom is -0.391 e. The van der Waals surface area contributed by atoms with Crippen LogP contribution in [0.5, 0.6) is 0 Å². The van der Waals surface area contributed by atoms with Crippen LogP contribution in [0.4, 0.5) is 11.8 Å². The number of hydrogen-bond acceptors (Lipinski definition) is 5. The summed E-state index contributed by atoms with van der Waals surface area (Å²) in [6.07, 6.45) is -0.600. The molecule has 7 heteroatoms. The number of hydrogen-bond donors (Lipinski definition) is 2. The number of aliphatic hydroxyl groups excluding tert-OH is 1. The summed E-state index contributed by atoms with van der Waals surface area (Å²) in [6.45, 7) is 0.179. The van der Waals surface area contributed by atoms with Crippen LogP contribution in [0.3, 0.4) is 0 Å². The first kappa shape index (κ1) is 10.1. The zero-order valence-corrected chi connectivity index (χ0v) is 8.48. The maximum absolute atomic E-state index is 11.4. The SMILES string of the molecule is Nc1cc(Cl)nc(N2CC(O)CC2=O)n1. The fourth-order valence-corrected chi connectivity index (χ4v) is 1.61. The average Bonchev–Trinajstić information content (AvgIpc) is 2.43. The summed E-state index contributed by atoms with van der Waals surface area (Å²) in [5, 5.41) is 9.46. The highest BCUT2D eigenvalue weighted by molar-refractivity contribution is 6.29. The predicted octanol–water partition coefficient (Wildman–Crippen LogP) is -0.190. The minimum absolute atomic E-state index is 0.0791. The number of β-amino-alcohol motifs (C(OH)–C–C–N with tert-alkyl or cyclic N) is 1. The Balaban J connectivity index is 2.33. The van der Waals surface area contributed by atoms with E-state index < -0.39 is 6.10 Å². The average molecular weight is 229 g/mol. The number of amides is 1. The third-order valence-electron chi connectivity index (χ3n) is 2.05. The van der Waals surface area contributed by atoms with Gasteiger partial charge in [-0.1, -0.05) is 11.6 Å². The highest BCUT2D eigenvalue weighted by Gasteiger charge is 2.31. The number of aliphatic hydroxyl groups is 1. The molecule has 0 bridgehead atoms. The zero-order valence-electron chi connectivity index (χ0n) is 7.72. The second-order valence-electron chi connectivity index (χ2n) is 3.28. The molecule has 6 nitrogen and oxygen atoms in total. The van der Waals surface area contributed by atoms with Crippen LogP contribution < -0.4 is 10.6 Å². The fraction of sp³-hybridized carbons (Fsp3) is 0.375. The standard InChI is InChI=1S/C8H9ClN4O2/c9-5-2-6(10)12-8(11-5)13-3-4(14)1-7(13)15/h2,4,14H,1,3H2,(H2,10,11,12). The van der Waals surface area contributed by atoms with Gasteiger partial charge in [0.2, 0.25) is 11.9 Å². The van der Waals surface area contributed by atoms with E-state index in [-0.39, 0.29) is 35.8 Å². The number of nitrogens with two attached hydrogens (primary N) is 1. The van der Waals surface area contributed by atoms with Crippen molar-refractivity contribution in [2.75, 3.05) is 17.2 Å². The van der Waals surface area contributed by atoms with Crippen molar-refractivity contribution in [2.45, 2.75) is 12.5 Å². The van der Waals surface area contributed by atoms with E-state index in [9.17, 15) is 9.90 Å². The Morgan fingerprint density at radius 3 is 2.87 bits per heavy atom. The molecule has 1 atom stereocenters. The second kappa shape index (κ2) is 3.63. The molecule has 15 heavy (non-hydrogen) atoms. The number of carbonyl (C=O) groups excluding carboxylic acids is 1. The van der Waals surface area contributed by atoms with Crippen LogP contribution in [0.15, 0.2) is 6.07 Å². The molecule has 0 radical (unpaired) electrons. The number of halogens is 1. The van der Waals surface area contributed by atoms with Gasteiger partial charge < -0.3 is 10.8 Å². The second-order valence-corrected chi connectivity index (χ2v) is 3.67. The van der Waals surface area contributed by atoms with Crippen LogP contribution in [0.2, 0.25) is 5.15 Å². The Hall–Kier alpha value is -1.40. The molecule has 1 saturated heterocycles. The molecule has 2 heterocycles. The predicted molar refractivity (Wildman–Crippen MR) is 54.4 cm³/mol. The van der Waals surface area contributed by atoms with Crippen LogP contribution in [-0.2, 0) is 4.79 Å². The highest BCUT2D eigenvalue weighted by Crippen LogP contribution is 2.20. The van der Waals surface area contributed by atoms with Crippen molar-refractivity contribution < 1.29 is 9.90 Å². The van der Waals surface area contributed by atoms with Crippen molar-refractivity contribution >= 4 is 29.3 Å². The van der Waals surface area contributed by atoms with E-state index in [4.69, 9.17) is 17.3 Å². The van der Waals surface area contributed by atoms with E-state index >= 15 is 0 Å². The van der Waals surface area contributed by atoms with Crippen LogP contribution >= 0.6 is 11.6 Å². The van der Waals surface area contributed by atoms with Gasteiger partial charge in [-0.05, 0) is 0 Å². The van der Waals surface area contributed by atoms with Gasteiger partial charge in [0.25, 0.3) is 0 Å². The normalized spacial score (nSPS) is 21.1. The molecule has 1 aliphatic rings. The van der Waals surface area contributed by atoms with E-state index in [0.29, 0.717) is 0 Å². The van der Waals surface area contributed by atoms with E-state index in [2.05, 4.69) is 9.97 Å². The van der Waals surface area contributed by atoms with Crippen LogP contribution in [0.1, 0.15) is 6.42 Å². The quantitative estimate of drug-likeness (QED) is 0.650. The van der Waals surface area contributed by atoms with Gasteiger partial charge in [0.15, 0.2) is 0 Å². The molecule has 0 aliphatic carbocycles. The molecule has 1 amide bonds. The lowest BCUT2D eigenvalue weighted by Gasteiger charge is -2.13. The lowest BCUT2D eigenvalue weighted by atomic mass is 10.3. The number of nitrogen functional groups attached to an aromatic ring is 1. The monoisotopic (exact) mass is 228 g/mol. The summed E-state index contributed by atoms with van der Waals surface area (Å²) in [4.78, 5) is 20.4. The Labute approximate surface area is 90.7 Å². The molecule has 0 spiro atoms. The van der Waals surface area contributed by atoms with Crippen molar-refractivity contribution in [1.82, 2.24) is 9.97 Å². The number of aromatic nitrogens is 2. The summed E-state index contributed by atoms with van der Waals surface area (Å²) in [7, 11) is 0. The van der Waals surface area contributed by atoms with Crippen molar-refractivity contribution in [3.63, 3.8) is 0 Å². The molecule has 1 fully saturated rings. The molecular weight excluding hydrogens is 220 g/mol. The summed E-state index contributed by atoms with van der Waals surface area (Å²) in [5.41, 5.74) is 5.47. The van der Waals surface area contributed by atoms with Crippen LogP contribution in [-0.4, -0.2) is 33.6 Å². The molecule has 1 aliphatic heterocycles. The van der Waals surface area contributed by atoms with Gasteiger partial charge in [-0.2, -0.15) is 4.98 Å². The Kier molecular flexibility index (Phi) is 2.45. The summed E-state index contributed by atoms with van der Waals surface area (Å²) >= 11 is 5.68. The maximum Gasteiger partial charge on any atom is 0.235 e. The molecule has 1 unspecified atom stereocenters. The van der Waals surface area contributed by atoms with Gasteiger partial charge in [0, 0.05) is 6.07 Å². The molecule has 3 N–H and O–H groups in total. The summed E-state index contributed by atoms with van der Waals surface area (Å²) < 4.78 is 0. The van der Waals surface area contributed by atoms with Gasteiger partial charge in [0.1, 0.15) is 11.0 Å². The van der Waals surface area contributed by atoms with Crippen LogP contribution in [0, 0.1) is 0 Å². The number of anilines is 2. The molecule has 0 saturated carbocycles. The van der Waals surface area contributed by atoms with Gasteiger partial charge in [-0.25, -0.2) is 4.98 Å². The first-order valence-corrected chi connectivity index (χ1v) is 4.72. The molecular formula is C8H9ClN4O2. The molecule has 2 rings (SSSR count). The van der Waals surface area contributed by atoms with Gasteiger partial charge >= 0.3 is 0 Å². The first-order valence-electron chi connectivity index (χ1n) is 4.35. The molecule has 1 aromatic rings. The molecule has 0 aromatic carbocycles. The lowest BCUT2D eigenvalue weighted by molar-refractivity contribution is -0.117. The third kappa shape index (κ3) is 2.00. The fourth-order valence-electron chi connectivity index (χ4n) is 1.43. The number of carbonyl (C=O) groups is 1. The van der Waals surface area contributed by atoms with E-state index in [1.54, 1.807) is 0 Å². The van der Waals surface area contributed by atoms with Crippen molar-refractivity contribution in [3.05, 3.63) is 11.2 Å². The number of rotatable bonds is 1. The van der Waals surface area contributed by atoms with Crippen LogP contribution in [0.25, 0.3) is 0 Å². The van der Waals surface area contributed by atoms with Crippen molar-refractivity contribution in [3.8, 4) is 0 Å².